The zero-order valence-corrected chi connectivity index (χ0v) is 18.3. The van der Waals surface area contributed by atoms with Gasteiger partial charge in [0.25, 0.3) is 0 Å². The highest BCUT2D eigenvalue weighted by Crippen LogP contribution is 2.34. The Balaban J connectivity index is 1.60. The number of halogens is 1. The second-order valence-corrected chi connectivity index (χ2v) is 8.26. The molecule has 5 aromatic rings. The van der Waals surface area contributed by atoms with Gasteiger partial charge in [-0.25, -0.2) is 19.3 Å². The second-order valence-electron chi connectivity index (χ2n) is 8.26. The summed E-state index contributed by atoms with van der Waals surface area (Å²) in [5, 5.41) is 21.3. The minimum atomic E-state index is -1.59. The first-order chi connectivity index (χ1) is 16.3. The van der Waals surface area contributed by atoms with Crippen molar-refractivity contribution in [3.05, 3.63) is 95.7 Å². The number of pyridine rings is 1. The maximum absolute atomic E-state index is 13.8. The van der Waals surface area contributed by atoms with E-state index < -0.39 is 11.4 Å². The van der Waals surface area contributed by atoms with Crippen LogP contribution in [0.15, 0.2) is 73.1 Å². The molecular formula is C26H22FN5O2. The summed E-state index contributed by atoms with van der Waals surface area (Å²) in [4.78, 5) is 16.3. The van der Waals surface area contributed by atoms with Crippen molar-refractivity contribution in [2.75, 3.05) is 5.73 Å². The standard InChI is InChI=1S/C26H22FN5O2/c1-26(34,18-3-2-4-19(27)10-18)23-11-22(31-25(28)32-23)21-13-30-24-20(21)9-17(12-29-24)16-7-5-15(14-33)6-8-16/h2-13,33-34H,14H2,1H3,(H,29,30)(H2,28,31,32). The molecule has 8 heteroatoms. The van der Waals surface area contributed by atoms with Crippen LogP contribution in [0.5, 0.6) is 0 Å². The average Bonchev–Trinajstić information content (AvgIpc) is 3.27. The molecule has 0 bridgehead atoms. The lowest BCUT2D eigenvalue weighted by molar-refractivity contribution is 0.0971. The number of nitrogens with one attached hydrogen (secondary N) is 1. The summed E-state index contributed by atoms with van der Waals surface area (Å²) in [7, 11) is 0. The van der Waals surface area contributed by atoms with Crippen LogP contribution in [0.1, 0.15) is 23.7 Å². The third kappa shape index (κ3) is 3.89. The minimum Gasteiger partial charge on any atom is -0.392 e. The molecule has 0 radical (unpaired) electrons. The van der Waals surface area contributed by atoms with Gasteiger partial charge < -0.3 is 20.9 Å². The number of fused-ring (bicyclic) bond motifs is 1. The number of H-pyrrole nitrogens is 1. The fourth-order valence-electron chi connectivity index (χ4n) is 3.97. The lowest BCUT2D eigenvalue weighted by atomic mass is 9.91. The van der Waals surface area contributed by atoms with Crippen molar-refractivity contribution < 1.29 is 14.6 Å². The topological polar surface area (TPSA) is 121 Å². The van der Waals surface area contributed by atoms with Gasteiger partial charge in [0.1, 0.15) is 17.1 Å². The van der Waals surface area contributed by atoms with Gasteiger partial charge in [-0.2, -0.15) is 0 Å². The van der Waals surface area contributed by atoms with Gasteiger partial charge in [-0.05, 0) is 47.9 Å². The molecule has 3 aromatic heterocycles. The molecule has 7 nitrogen and oxygen atoms in total. The van der Waals surface area contributed by atoms with E-state index in [0.29, 0.717) is 16.9 Å². The van der Waals surface area contributed by atoms with Gasteiger partial charge in [-0.1, -0.05) is 36.4 Å². The normalized spacial score (nSPS) is 13.2. The Morgan fingerprint density at radius 1 is 1.03 bits per heavy atom. The van der Waals surface area contributed by atoms with Crippen LogP contribution in [0.25, 0.3) is 33.4 Å². The van der Waals surface area contributed by atoms with Crippen molar-refractivity contribution in [1.29, 1.82) is 0 Å². The maximum Gasteiger partial charge on any atom is 0.220 e. The second kappa shape index (κ2) is 8.33. The summed E-state index contributed by atoms with van der Waals surface area (Å²) < 4.78 is 13.8. The highest BCUT2D eigenvalue weighted by atomic mass is 19.1. The molecule has 1 atom stereocenters. The van der Waals surface area contributed by atoms with Gasteiger partial charge in [0, 0.05) is 28.9 Å². The first-order valence-corrected chi connectivity index (χ1v) is 10.7. The molecule has 0 aliphatic rings. The molecule has 0 fully saturated rings. The van der Waals surface area contributed by atoms with Crippen LogP contribution in [0, 0.1) is 5.82 Å². The summed E-state index contributed by atoms with van der Waals surface area (Å²) in [6, 6.07) is 17.0. The largest absolute Gasteiger partial charge is 0.392 e. The van der Waals surface area contributed by atoms with E-state index >= 15 is 0 Å². The lowest BCUT2D eigenvalue weighted by Crippen LogP contribution is -2.25. The molecule has 0 aliphatic heterocycles. The quantitative estimate of drug-likeness (QED) is 0.316. The molecule has 1 unspecified atom stereocenters. The van der Waals surface area contributed by atoms with E-state index in [-0.39, 0.29) is 18.2 Å². The van der Waals surface area contributed by atoms with E-state index in [2.05, 4.69) is 19.9 Å². The Labute approximate surface area is 194 Å². The monoisotopic (exact) mass is 455 g/mol. The summed E-state index contributed by atoms with van der Waals surface area (Å²) in [5.41, 5.74) is 9.61. The third-order valence-electron chi connectivity index (χ3n) is 5.91. The van der Waals surface area contributed by atoms with Crippen LogP contribution in [0.2, 0.25) is 0 Å². The van der Waals surface area contributed by atoms with E-state index in [1.807, 2.05) is 30.3 Å². The zero-order chi connectivity index (χ0) is 23.9. The van der Waals surface area contributed by atoms with Crippen LogP contribution in [-0.2, 0) is 12.2 Å². The number of aromatic amines is 1. The maximum atomic E-state index is 13.8. The Bertz CT molecular complexity index is 1500. The Hall–Kier alpha value is -4.14. The van der Waals surface area contributed by atoms with Crippen LogP contribution < -0.4 is 5.73 Å². The molecule has 170 valence electrons. The van der Waals surface area contributed by atoms with Crippen LogP contribution in [0.4, 0.5) is 10.3 Å². The predicted octanol–water partition coefficient (Wildman–Crippen LogP) is 4.16. The lowest BCUT2D eigenvalue weighted by Gasteiger charge is -2.24. The van der Waals surface area contributed by atoms with Crippen LogP contribution >= 0.6 is 0 Å². The van der Waals surface area contributed by atoms with E-state index in [1.165, 1.54) is 25.1 Å². The van der Waals surface area contributed by atoms with Gasteiger partial charge in [0.2, 0.25) is 5.95 Å². The summed E-state index contributed by atoms with van der Waals surface area (Å²) >= 11 is 0. The number of benzene rings is 2. The van der Waals surface area contributed by atoms with Gasteiger partial charge in [0.15, 0.2) is 0 Å². The van der Waals surface area contributed by atoms with Crippen molar-refractivity contribution in [2.24, 2.45) is 0 Å². The first-order valence-electron chi connectivity index (χ1n) is 10.7. The molecule has 0 saturated carbocycles. The van der Waals surface area contributed by atoms with Crippen molar-refractivity contribution >= 4 is 17.0 Å². The molecule has 3 heterocycles. The number of aliphatic hydroxyl groups excluding tert-OH is 1. The predicted molar refractivity (Wildman–Crippen MR) is 128 cm³/mol. The van der Waals surface area contributed by atoms with Crippen molar-refractivity contribution in [2.45, 2.75) is 19.1 Å². The fourth-order valence-corrected chi connectivity index (χ4v) is 3.97. The van der Waals surface area contributed by atoms with E-state index in [9.17, 15) is 14.6 Å². The number of rotatable bonds is 5. The Kier molecular flexibility index (Phi) is 5.31. The first kappa shape index (κ1) is 21.7. The van der Waals surface area contributed by atoms with Crippen molar-refractivity contribution in [3.63, 3.8) is 0 Å². The van der Waals surface area contributed by atoms with Crippen molar-refractivity contribution in [1.82, 2.24) is 19.9 Å². The van der Waals surface area contributed by atoms with E-state index in [4.69, 9.17) is 5.73 Å². The van der Waals surface area contributed by atoms with Crippen molar-refractivity contribution in [3.8, 4) is 22.4 Å². The molecular weight excluding hydrogens is 433 g/mol. The molecule has 0 amide bonds. The highest BCUT2D eigenvalue weighted by Gasteiger charge is 2.29. The molecule has 0 spiro atoms. The number of nitrogens with zero attached hydrogens (tertiary/aromatic N) is 3. The number of hydrogen-bond donors (Lipinski definition) is 4. The summed E-state index contributed by atoms with van der Waals surface area (Å²) in [6.45, 7) is 1.52. The molecule has 34 heavy (non-hydrogen) atoms. The van der Waals surface area contributed by atoms with E-state index in [1.54, 1.807) is 24.5 Å². The zero-order valence-electron chi connectivity index (χ0n) is 18.3. The number of aliphatic hydroxyl groups is 2. The minimum absolute atomic E-state index is 0.0118. The summed E-state index contributed by atoms with van der Waals surface area (Å²) in [5.74, 6) is -0.468. The average molecular weight is 455 g/mol. The highest BCUT2D eigenvalue weighted by molar-refractivity contribution is 5.95. The van der Waals surface area contributed by atoms with Gasteiger partial charge in [-0.15, -0.1) is 0 Å². The SMILES string of the molecule is CC(O)(c1cccc(F)c1)c1cc(-c2c[nH]c3ncc(-c4ccc(CO)cc4)cc23)nc(N)n1. The summed E-state index contributed by atoms with van der Waals surface area (Å²) in [6.07, 6.45) is 3.55. The Morgan fingerprint density at radius 3 is 2.56 bits per heavy atom. The van der Waals surface area contributed by atoms with Gasteiger partial charge in [-0.3, -0.25) is 0 Å². The number of aromatic nitrogens is 4. The number of nitrogen functional groups attached to an aromatic ring is 1. The smallest absolute Gasteiger partial charge is 0.220 e. The molecule has 5 rings (SSSR count). The fraction of sp³-hybridized carbons (Fsp3) is 0.115. The van der Waals surface area contributed by atoms with E-state index in [0.717, 1.165) is 27.6 Å². The third-order valence-corrected chi connectivity index (χ3v) is 5.91. The number of hydrogen-bond acceptors (Lipinski definition) is 6. The Morgan fingerprint density at radius 2 is 1.82 bits per heavy atom. The number of nitrogens with two attached hydrogens (primary N) is 1. The molecule has 5 N–H and O–H groups in total. The van der Waals surface area contributed by atoms with Crippen LogP contribution in [0.3, 0.4) is 0 Å². The van der Waals surface area contributed by atoms with Gasteiger partial charge in [0.05, 0.1) is 18.0 Å². The molecule has 2 aromatic carbocycles. The van der Waals surface area contributed by atoms with Gasteiger partial charge >= 0.3 is 0 Å². The number of anilines is 1. The molecule has 0 aliphatic carbocycles. The van der Waals surface area contributed by atoms with Crippen LogP contribution in [-0.4, -0.2) is 30.1 Å². The molecule has 0 saturated heterocycles.